The number of methoxy groups -OCH3 is 1. The molecule has 1 amide bonds. The fourth-order valence-corrected chi connectivity index (χ4v) is 2.96. The topological polar surface area (TPSA) is 38.3 Å². The normalized spacial score (nSPS) is 12.2. The van der Waals surface area contributed by atoms with Gasteiger partial charge in [0, 0.05) is 6.04 Å². The van der Waals surface area contributed by atoms with E-state index in [9.17, 15) is 4.79 Å². The molecular formula is C12H19NO2S2. The van der Waals surface area contributed by atoms with Gasteiger partial charge in [0.2, 0.25) is 0 Å². The third-order valence-electron chi connectivity index (χ3n) is 2.33. The van der Waals surface area contributed by atoms with E-state index in [2.05, 4.69) is 12.2 Å². The zero-order valence-corrected chi connectivity index (χ0v) is 12.1. The number of hydrogen-bond acceptors (Lipinski definition) is 4. The third kappa shape index (κ3) is 4.60. The Morgan fingerprint density at radius 2 is 2.41 bits per heavy atom. The van der Waals surface area contributed by atoms with Crippen molar-refractivity contribution in [1.82, 2.24) is 5.32 Å². The minimum absolute atomic E-state index is 0.0363. The first-order chi connectivity index (χ1) is 8.19. The molecule has 0 aliphatic carbocycles. The van der Waals surface area contributed by atoms with Crippen LogP contribution >= 0.6 is 23.1 Å². The first kappa shape index (κ1) is 14.4. The van der Waals surface area contributed by atoms with Crippen molar-refractivity contribution in [2.24, 2.45) is 0 Å². The highest BCUT2D eigenvalue weighted by atomic mass is 32.2. The maximum atomic E-state index is 11.9. The summed E-state index contributed by atoms with van der Waals surface area (Å²) in [5.41, 5.74) is 0. The largest absolute Gasteiger partial charge is 0.495 e. The van der Waals surface area contributed by atoms with E-state index in [0.29, 0.717) is 10.6 Å². The average molecular weight is 273 g/mol. The van der Waals surface area contributed by atoms with Crippen LogP contribution in [0.4, 0.5) is 0 Å². The molecular weight excluding hydrogens is 254 g/mol. The lowest BCUT2D eigenvalue weighted by Gasteiger charge is -2.13. The molecule has 1 atom stereocenters. The van der Waals surface area contributed by atoms with Crippen LogP contribution in [0.25, 0.3) is 0 Å². The second kappa shape index (κ2) is 7.61. The van der Waals surface area contributed by atoms with Crippen LogP contribution in [0.2, 0.25) is 0 Å². The molecule has 1 heterocycles. The minimum Gasteiger partial charge on any atom is -0.495 e. The lowest BCUT2D eigenvalue weighted by Crippen LogP contribution is -2.32. The molecule has 96 valence electrons. The van der Waals surface area contributed by atoms with E-state index in [0.717, 1.165) is 17.9 Å². The van der Waals surface area contributed by atoms with Gasteiger partial charge >= 0.3 is 0 Å². The fraction of sp³-hybridized carbons (Fsp3) is 0.583. The van der Waals surface area contributed by atoms with Crippen LogP contribution in [0.3, 0.4) is 0 Å². The molecule has 0 spiro atoms. The molecule has 0 aliphatic rings. The molecule has 1 aromatic rings. The van der Waals surface area contributed by atoms with Gasteiger partial charge in [-0.2, -0.15) is 11.8 Å². The lowest BCUT2D eigenvalue weighted by molar-refractivity contribution is 0.0941. The molecule has 1 aromatic heterocycles. The third-order valence-corrected chi connectivity index (χ3v) is 4.16. The zero-order valence-electron chi connectivity index (χ0n) is 10.5. The van der Waals surface area contributed by atoms with Crippen molar-refractivity contribution in [3.63, 3.8) is 0 Å². The predicted octanol–water partition coefficient (Wildman–Crippen LogP) is 3.02. The molecule has 3 nitrogen and oxygen atoms in total. The summed E-state index contributed by atoms with van der Waals surface area (Å²) < 4.78 is 5.13. The lowest BCUT2D eigenvalue weighted by atomic mass is 10.2. The van der Waals surface area contributed by atoms with Gasteiger partial charge < -0.3 is 10.1 Å². The van der Waals surface area contributed by atoms with E-state index in [1.807, 2.05) is 30.1 Å². The summed E-state index contributed by atoms with van der Waals surface area (Å²) in [7, 11) is 1.58. The summed E-state index contributed by atoms with van der Waals surface area (Å²) in [6.07, 6.45) is 0.998. The van der Waals surface area contributed by atoms with Crippen molar-refractivity contribution in [2.75, 3.05) is 18.6 Å². The molecule has 0 aromatic carbocycles. The second-order valence-electron chi connectivity index (χ2n) is 3.68. The molecule has 1 rings (SSSR count). The van der Waals surface area contributed by atoms with E-state index in [1.165, 1.54) is 11.3 Å². The highest BCUT2D eigenvalue weighted by Gasteiger charge is 2.15. The predicted molar refractivity (Wildman–Crippen MR) is 75.4 cm³/mol. The van der Waals surface area contributed by atoms with E-state index < -0.39 is 0 Å². The van der Waals surface area contributed by atoms with Crippen LogP contribution < -0.4 is 10.1 Å². The number of hydrogen-bond donors (Lipinski definition) is 1. The van der Waals surface area contributed by atoms with Crippen LogP contribution in [0.1, 0.15) is 29.9 Å². The highest BCUT2D eigenvalue weighted by Crippen LogP contribution is 2.24. The van der Waals surface area contributed by atoms with Crippen molar-refractivity contribution < 1.29 is 9.53 Å². The van der Waals surface area contributed by atoms with Crippen LogP contribution in [-0.4, -0.2) is 30.6 Å². The maximum absolute atomic E-state index is 11.9. The van der Waals surface area contributed by atoms with Gasteiger partial charge in [-0.3, -0.25) is 4.79 Å². The first-order valence-electron chi connectivity index (χ1n) is 5.69. The van der Waals surface area contributed by atoms with Crippen LogP contribution in [-0.2, 0) is 0 Å². The summed E-state index contributed by atoms with van der Waals surface area (Å²) in [6.45, 7) is 4.18. The quantitative estimate of drug-likeness (QED) is 0.776. The molecule has 1 N–H and O–H groups in total. The SMILES string of the molecule is CCSCC[C@@H](C)NC(=O)c1sccc1OC. The van der Waals surface area contributed by atoms with E-state index in [-0.39, 0.29) is 11.9 Å². The average Bonchev–Trinajstić information content (AvgIpc) is 2.77. The molecule has 0 radical (unpaired) electrons. The minimum atomic E-state index is -0.0363. The molecule has 0 saturated carbocycles. The number of rotatable bonds is 7. The van der Waals surface area contributed by atoms with Gasteiger partial charge in [-0.1, -0.05) is 6.92 Å². The molecule has 0 saturated heterocycles. The van der Waals surface area contributed by atoms with E-state index in [1.54, 1.807) is 7.11 Å². The Morgan fingerprint density at radius 1 is 1.65 bits per heavy atom. The Hall–Kier alpha value is -0.680. The molecule has 0 unspecified atom stereocenters. The van der Waals surface area contributed by atoms with Crippen LogP contribution in [0.5, 0.6) is 5.75 Å². The van der Waals surface area contributed by atoms with Gasteiger partial charge in [-0.05, 0) is 36.3 Å². The summed E-state index contributed by atoms with van der Waals surface area (Å²) in [6, 6.07) is 2.02. The molecule has 0 aliphatic heterocycles. The number of nitrogens with one attached hydrogen (secondary N) is 1. The molecule has 0 fully saturated rings. The van der Waals surface area contributed by atoms with E-state index in [4.69, 9.17) is 4.74 Å². The van der Waals surface area contributed by atoms with Gasteiger partial charge in [0.1, 0.15) is 10.6 Å². The number of carbonyl (C=O) groups is 1. The number of amides is 1. The molecule has 17 heavy (non-hydrogen) atoms. The summed E-state index contributed by atoms with van der Waals surface area (Å²) in [5.74, 6) is 2.83. The second-order valence-corrected chi connectivity index (χ2v) is 5.99. The zero-order chi connectivity index (χ0) is 12.7. The Balaban J connectivity index is 2.43. The number of ether oxygens (including phenoxy) is 1. The Morgan fingerprint density at radius 3 is 3.06 bits per heavy atom. The fourth-order valence-electron chi connectivity index (χ4n) is 1.39. The van der Waals surface area contributed by atoms with Gasteiger partial charge in [-0.25, -0.2) is 0 Å². The molecule has 5 heteroatoms. The van der Waals surface area contributed by atoms with Gasteiger partial charge in [-0.15, -0.1) is 11.3 Å². The van der Waals surface area contributed by atoms with Crippen molar-refractivity contribution in [1.29, 1.82) is 0 Å². The van der Waals surface area contributed by atoms with E-state index >= 15 is 0 Å². The number of carbonyl (C=O) groups excluding carboxylic acids is 1. The van der Waals surface area contributed by atoms with Gasteiger partial charge in [0.15, 0.2) is 0 Å². The van der Waals surface area contributed by atoms with Crippen LogP contribution in [0.15, 0.2) is 11.4 Å². The highest BCUT2D eigenvalue weighted by molar-refractivity contribution is 7.99. The molecule has 0 bridgehead atoms. The van der Waals surface area contributed by atoms with Crippen molar-refractivity contribution >= 4 is 29.0 Å². The number of thiophene rings is 1. The Labute approximate surface area is 111 Å². The van der Waals surface area contributed by atoms with Crippen molar-refractivity contribution in [3.8, 4) is 5.75 Å². The summed E-state index contributed by atoms with van der Waals surface area (Å²) in [5, 5.41) is 4.86. The standard InChI is InChI=1S/C12H19NO2S2/c1-4-16-7-5-9(2)13-12(14)11-10(15-3)6-8-17-11/h6,8-9H,4-5,7H2,1-3H3,(H,13,14)/t9-/m1/s1. The Bertz CT molecular complexity index is 352. The monoisotopic (exact) mass is 273 g/mol. The van der Waals surface area contributed by atoms with Crippen molar-refractivity contribution in [2.45, 2.75) is 26.3 Å². The maximum Gasteiger partial charge on any atom is 0.265 e. The van der Waals surface area contributed by atoms with Crippen molar-refractivity contribution in [3.05, 3.63) is 16.3 Å². The smallest absolute Gasteiger partial charge is 0.265 e. The number of thioether (sulfide) groups is 1. The summed E-state index contributed by atoms with van der Waals surface area (Å²) >= 11 is 3.31. The van der Waals surface area contributed by atoms with Crippen LogP contribution in [0, 0.1) is 0 Å². The van der Waals surface area contributed by atoms with Gasteiger partial charge in [0.25, 0.3) is 5.91 Å². The first-order valence-corrected chi connectivity index (χ1v) is 7.72. The Kier molecular flexibility index (Phi) is 6.44. The summed E-state index contributed by atoms with van der Waals surface area (Å²) in [4.78, 5) is 12.6. The van der Waals surface area contributed by atoms with Gasteiger partial charge in [0.05, 0.1) is 7.11 Å².